The van der Waals surface area contributed by atoms with E-state index >= 15 is 0 Å². The Balaban J connectivity index is 4.25. The van der Waals surface area contributed by atoms with Crippen LogP contribution in [0.2, 0.25) is 0 Å². The molecule has 0 saturated heterocycles. The average Bonchev–Trinajstić information content (AvgIpc) is 3.17. The van der Waals surface area contributed by atoms with Gasteiger partial charge in [0.25, 0.3) is 0 Å². The lowest BCUT2D eigenvalue weighted by atomic mass is 10.1. The summed E-state index contributed by atoms with van der Waals surface area (Å²) in [5.74, 6) is -0.877. The van der Waals surface area contributed by atoms with Gasteiger partial charge in [0.1, 0.15) is 6.61 Å². The molecule has 10 heteroatoms. The van der Waals surface area contributed by atoms with Gasteiger partial charge in [0.2, 0.25) is 0 Å². The predicted molar refractivity (Wildman–Crippen MR) is 229 cm³/mol. The van der Waals surface area contributed by atoms with E-state index in [1.165, 1.54) is 51.4 Å². The summed E-state index contributed by atoms with van der Waals surface area (Å²) in [6, 6.07) is 0. The fourth-order valence-electron chi connectivity index (χ4n) is 5.42. The highest BCUT2D eigenvalue weighted by molar-refractivity contribution is 7.47. The molecule has 2 atom stereocenters. The van der Waals surface area contributed by atoms with Crippen LogP contribution >= 0.6 is 7.82 Å². The minimum absolute atomic E-state index is 0.0436. The molecule has 3 N–H and O–H groups in total. The van der Waals surface area contributed by atoms with Crippen molar-refractivity contribution in [3.8, 4) is 0 Å². The summed E-state index contributed by atoms with van der Waals surface area (Å²) in [5.41, 5.74) is 5.34. The van der Waals surface area contributed by atoms with E-state index < -0.39 is 32.5 Å². The van der Waals surface area contributed by atoms with Crippen molar-refractivity contribution >= 4 is 19.8 Å². The lowest BCUT2D eigenvalue weighted by Gasteiger charge is -2.19. The fraction of sp³-hybridized carbons (Fsp3) is 0.689. The Kier molecular flexibility index (Phi) is 39.2. The van der Waals surface area contributed by atoms with E-state index in [9.17, 15) is 19.0 Å². The van der Waals surface area contributed by atoms with Gasteiger partial charge in [-0.1, -0.05) is 145 Å². The first-order valence-corrected chi connectivity index (χ1v) is 22.9. The lowest BCUT2D eigenvalue weighted by molar-refractivity contribution is -0.161. The zero-order chi connectivity index (χ0) is 40.3. The molecule has 9 nitrogen and oxygen atoms in total. The van der Waals surface area contributed by atoms with Crippen molar-refractivity contribution < 1.29 is 37.6 Å². The number of carbonyl (C=O) groups excluding carboxylic acids is 2. The lowest BCUT2D eigenvalue weighted by Crippen LogP contribution is -2.29. The van der Waals surface area contributed by atoms with Crippen molar-refractivity contribution in [1.29, 1.82) is 0 Å². The van der Waals surface area contributed by atoms with Gasteiger partial charge in [0, 0.05) is 19.4 Å². The smallest absolute Gasteiger partial charge is 0.462 e. The maximum absolute atomic E-state index is 12.6. The Morgan fingerprint density at radius 3 is 1.53 bits per heavy atom. The second-order valence-corrected chi connectivity index (χ2v) is 15.3. The topological polar surface area (TPSA) is 134 Å². The van der Waals surface area contributed by atoms with Crippen molar-refractivity contribution in [2.24, 2.45) is 5.73 Å². The molecular formula is C45H78NO8P. The Morgan fingerprint density at radius 1 is 0.564 bits per heavy atom. The maximum atomic E-state index is 12.6. The Hall–Kier alpha value is -2.55. The van der Waals surface area contributed by atoms with Crippen molar-refractivity contribution in [3.63, 3.8) is 0 Å². The van der Waals surface area contributed by atoms with Crippen molar-refractivity contribution in [3.05, 3.63) is 72.9 Å². The minimum Gasteiger partial charge on any atom is -0.462 e. The first-order chi connectivity index (χ1) is 26.8. The van der Waals surface area contributed by atoms with Crippen LogP contribution in [-0.2, 0) is 32.7 Å². The van der Waals surface area contributed by atoms with Crippen LogP contribution in [0.15, 0.2) is 72.9 Å². The average molecular weight is 792 g/mol. The number of allylic oxidation sites excluding steroid dienone is 12. The molecule has 0 aliphatic carbocycles. The molecule has 316 valence electrons. The van der Waals surface area contributed by atoms with Gasteiger partial charge in [0.15, 0.2) is 6.10 Å². The summed E-state index contributed by atoms with van der Waals surface area (Å²) >= 11 is 0. The highest BCUT2D eigenvalue weighted by Crippen LogP contribution is 2.43. The van der Waals surface area contributed by atoms with Crippen LogP contribution in [0.25, 0.3) is 0 Å². The first kappa shape index (κ1) is 52.5. The van der Waals surface area contributed by atoms with E-state index in [0.717, 1.165) is 83.5 Å². The molecule has 0 amide bonds. The normalized spacial score (nSPS) is 14.0. The minimum atomic E-state index is -4.39. The maximum Gasteiger partial charge on any atom is 0.472 e. The number of nitrogens with two attached hydrogens (primary N) is 1. The predicted octanol–water partition coefficient (Wildman–Crippen LogP) is 12.3. The second-order valence-electron chi connectivity index (χ2n) is 13.8. The van der Waals surface area contributed by atoms with Crippen LogP contribution in [-0.4, -0.2) is 49.3 Å². The Labute approximate surface area is 335 Å². The van der Waals surface area contributed by atoms with Crippen LogP contribution in [0.1, 0.15) is 168 Å². The molecule has 0 fully saturated rings. The van der Waals surface area contributed by atoms with Crippen molar-refractivity contribution in [2.75, 3.05) is 26.4 Å². The number of phosphoric ester groups is 1. The third-order valence-corrected chi connectivity index (χ3v) is 9.56. The molecule has 2 unspecified atom stereocenters. The van der Waals surface area contributed by atoms with E-state index in [1.54, 1.807) is 0 Å². The number of rotatable bonds is 39. The van der Waals surface area contributed by atoms with Gasteiger partial charge in [-0.25, -0.2) is 4.57 Å². The fourth-order valence-corrected chi connectivity index (χ4v) is 6.18. The third kappa shape index (κ3) is 40.9. The van der Waals surface area contributed by atoms with Gasteiger partial charge in [0.05, 0.1) is 13.2 Å². The van der Waals surface area contributed by atoms with Gasteiger partial charge in [-0.2, -0.15) is 0 Å². The van der Waals surface area contributed by atoms with Gasteiger partial charge >= 0.3 is 19.8 Å². The van der Waals surface area contributed by atoms with Crippen molar-refractivity contribution in [1.82, 2.24) is 0 Å². The first-order valence-electron chi connectivity index (χ1n) is 21.4. The number of hydrogen-bond acceptors (Lipinski definition) is 8. The molecule has 0 heterocycles. The van der Waals surface area contributed by atoms with Crippen molar-refractivity contribution in [2.45, 2.75) is 174 Å². The molecule has 0 aromatic rings. The number of phosphoric acid groups is 1. The summed E-state index contributed by atoms with van der Waals surface area (Å²) in [5, 5.41) is 0. The number of hydrogen-bond donors (Lipinski definition) is 2. The van der Waals surface area contributed by atoms with E-state index in [4.69, 9.17) is 24.3 Å². The summed E-state index contributed by atoms with van der Waals surface area (Å²) in [6.45, 7) is 3.55. The summed E-state index contributed by atoms with van der Waals surface area (Å²) in [6.07, 6.45) is 49.3. The number of unbranched alkanes of at least 4 members (excludes halogenated alkanes) is 14. The van der Waals surface area contributed by atoms with Crippen LogP contribution in [0, 0.1) is 0 Å². The van der Waals surface area contributed by atoms with Crippen LogP contribution < -0.4 is 5.73 Å². The molecule has 0 aromatic carbocycles. The molecule has 0 spiro atoms. The molecule has 0 rings (SSSR count). The van der Waals surface area contributed by atoms with Crippen LogP contribution in [0.4, 0.5) is 0 Å². The van der Waals surface area contributed by atoms with Gasteiger partial charge in [-0.15, -0.1) is 0 Å². The Morgan fingerprint density at radius 2 is 1.00 bits per heavy atom. The zero-order valence-electron chi connectivity index (χ0n) is 34.6. The monoisotopic (exact) mass is 792 g/mol. The summed E-state index contributed by atoms with van der Waals surface area (Å²) < 4.78 is 32.7. The number of carbonyl (C=O) groups is 2. The van der Waals surface area contributed by atoms with Crippen LogP contribution in [0.3, 0.4) is 0 Å². The van der Waals surface area contributed by atoms with E-state index in [0.29, 0.717) is 6.42 Å². The van der Waals surface area contributed by atoms with Gasteiger partial charge < -0.3 is 20.1 Å². The Bertz CT molecular complexity index is 1130. The molecule has 0 radical (unpaired) electrons. The molecular weight excluding hydrogens is 713 g/mol. The van der Waals surface area contributed by atoms with Crippen LogP contribution in [0.5, 0.6) is 0 Å². The quantitative estimate of drug-likeness (QED) is 0.0270. The van der Waals surface area contributed by atoms with Gasteiger partial charge in [-0.05, 0) is 83.5 Å². The molecule has 0 saturated carbocycles. The SMILES string of the molecule is CCC=CCC=CCC=CCC=CCC=CCCCCCC(=O)OC(COC(=O)CCCCCCCCCC=CCCCCCC)COP(=O)(O)OCCN. The zero-order valence-corrected chi connectivity index (χ0v) is 35.5. The molecule has 55 heavy (non-hydrogen) atoms. The highest BCUT2D eigenvalue weighted by atomic mass is 31.2. The molecule has 0 bridgehead atoms. The van der Waals surface area contributed by atoms with Gasteiger partial charge in [-0.3, -0.25) is 18.6 Å². The standard InChI is InChI=1S/C45H78NO8P/c1-3-5-7-9-11-13-15-17-19-20-21-22-24-26-28-30-32-34-36-38-45(48)54-43(42-53-55(49,50)52-40-39-46)41-51-44(47)37-35-33-31-29-27-25-23-18-16-14-12-10-8-6-4-2/h5,7,11,13-14,16-17,19,21-22,26,28,43H,3-4,6,8-10,12,15,18,20,23-25,27,29-42,46H2,1-2H3,(H,49,50). The molecule has 0 aliphatic rings. The third-order valence-electron chi connectivity index (χ3n) is 8.58. The molecule has 0 aromatic heterocycles. The summed E-state index contributed by atoms with van der Waals surface area (Å²) in [7, 11) is -4.39. The van der Waals surface area contributed by atoms with E-state index in [-0.39, 0.29) is 32.6 Å². The van der Waals surface area contributed by atoms with E-state index in [1.807, 2.05) is 0 Å². The number of esters is 2. The second kappa shape index (κ2) is 41.1. The number of ether oxygens (including phenoxy) is 2. The highest BCUT2D eigenvalue weighted by Gasteiger charge is 2.25. The largest absolute Gasteiger partial charge is 0.472 e. The van der Waals surface area contributed by atoms with E-state index in [2.05, 4.69) is 86.8 Å². The summed E-state index contributed by atoms with van der Waals surface area (Å²) in [4.78, 5) is 34.9. The molecule has 0 aliphatic heterocycles.